The first-order valence-electron chi connectivity index (χ1n) is 10.7. The molecule has 3 heterocycles. The third-order valence-electron chi connectivity index (χ3n) is 5.87. The van der Waals surface area contributed by atoms with Crippen LogP contribution in [0.3, 0.4) is 0 Å². The summed E-state index contributed by atoms with van der Waals surface area (Å²) in [5.74, 6) is -0.313. The number of likely N-dealkylation sites (N-methyl/N-ethyl adjacent to an activating group) is 1. The van der Waals surface area contributed by atoms with Gasteiger partial charge in [-0.25, -0.2) is 0 Å². The van der Waals surface area contributed by atoms with Gasteiger partial charge in [-0.3, -0.25) is 19.6 Å². The maximum atomic E-state index is 13.4. The predicted molar refractivity (Wildman–Crippen MR) is 119 cm³/mol. The highest BCUT2D eigenvalue weighted by Crippen LogP contribution is 2.37. The van der Waals surface area contributed by atoms with E-state index in [4.69, 9.17) is 0 Å². The van der Waals surface area contributed by atoms with Gasteiger partial charge in [-0.05, 0) is 60.7 Å². The Balaban J connectivity index is 1.76. The van der Waals surface area contributed by atoms with Crippen LogP contribution in [0.15, 0.2) is 73.2 Å². The van der Waals surface area contributed by atoms with Gasteiger partial charge in [-0.1, -0.05) is 30.3 Å². The van der Waals surface area contributed by atoms with Gasteiger partial charge in [0, 0.05) is 38.1 Å². The molecule has 3 aromatic rings. The molecule has 1 atom stereocenters. The van der Waals surface area contributed by atoms with E-state index in [0.717, 1.165) is 23.1 Å². The van der Waals surface area contributed by atoms with E-state index in [-0.39, 0.29) is 11.8 Å². The van der Waals surface area contributed by atoms with E-state index in [1.54, 1.807) is 41.7 Å². The molecule has 31 heavy (non-hydrogen) atoms. The van der Waals surface area contributed by atoms with Crippen LogP contribution in [0.25, 0.3) is 11.1 Å². The minimum absolute atomic E-state index is 0.110. The fraction of sp³-hybridized carbons (Fsp3) is 0.280. The molecule has 0 radical (unpaired) electrons. The van der Waals surface area contributed by atoms with Crippen molar-refractivity contribution < 1.29 is 9.59 Å². The third kappa shape index (κ3) is 4.06. The Hall–Kier alpha value is -3.54. The van der Waals surface area contributed by atoms with Crippen LogP contribution in [0.2, 0.25) is 0 Å². The topological polar surface area (TPSA) is 75.2 Å². The van der Waals surface area contributed by atoms with Crippen LogP contribution in [-0.2, 0) is 11.2 Å². The van der Waals surface area contributed by atoms with Crippen molar-refractivity contribution in [2.24, 2.45) is 0 Å². The lowest BCUT2D eigenvalue weighted by atomic mass is 9.84. The smallest absolute Gasteiger partial charge is 0.273 e. The first kappa shape index (κ1) is 20.7. The van der Waals surface area contributed by atoms with Crippen LogP contribution >= 0.6 is 0 Å². The first-order valence-corrected chi connectivity index (χ1v) is 10.7. The van der Waals surface area contributed by atoms with Crippen LogP contribution in [0.5, 0.6) is 0 Å². The second-order valence-corrected chi connectivity index (χ2v) is 7.74. The molecular formula is C25H26N4O2. The van der Waals surface area contributed by atoms with Crippen LogP contribution < -0.4 is 5.32 Å². The van der Waals surface area contributed by atoms with E-state index in [1.165, 1.54) is 0 Å². The van der Waals surface area contributed by atoms with Gasteiger partial charge >= 0.3 is 0 Å². The van der Waals surface area contributed by atoms with E-state index in [1.807, 2.05) is 37.3 Å². The van der Waals surface area contributed by atoms with Gasteiger partial charge in [0.05, 0.1) is 0 Å². The number of amides is 2. The summed E-state index contributed by atoms with van der Waals surface area (Å²) < 4.78 is 0. The standard InChI is InChI=1S/C25H26N4O2/c1-2-27-24(31)25(13-7-17-29(25)23(30)22-10-5-6-14-28-22)18-20-8-3-4-9-21(20)19-11-15-26-16-12-19/h3-6,8-12,14-16H,2,7,13,17-18H2,1H3,(H,27,31). The molecule has 0 aliphatic carbocycles. The largest absolute Gasteiger partial charge is 0.354 e. The second kappa shape index (κ2) is 9.08. The average molecular weight is 415 g/mol. The lowest BCUT2D eigenvalue weighted by Crippen LogP contribution is -2.58. The molecule has 0 spiro atoms. The molecule has 1 aliphatic heterocycles. The Bertz CT molecular complexity index is 1060. The number of pyridine rings is 2. The molecule has 4 rings (SSSR count). The zero-order valence-electron chi connectivity index (χ0n) is 17.6. The van der Waals surface area contributed by atoms with Crippen LogP contribution in [-0.4, -0.2) is 45.3 Å². The molecule has 2 amide bonds. The second-order valence-electron chi connectivity index (χ2n) is 7.74. The number of nitrogens with zero attached hydrogens (tertiary/aromatic N) is 3. The zero-order valence-corrected chi connectivity index (χ0v) is 17.6. The number of aromatic nitrogens is 2. The normalized spacial score (nSPS) is 18.0. The number of hydrogen-bond acceptors (Lipinski definition) is 4. The molecule has 6 nitrogen and oxygen atoms in total. The molecule has 2 aromatic heterocycles. The number of benzene rings is 1. The quantitative estimate of drug-likeness (QED) is 0.670. The molecule has 1 fully saturated rings. The summed E-state index contributed by atoms with van der Waals surface area (Å²) in [6.07, 6.45) is 6.96. The summed E-state index contributed by atoms with van der Waals surface area (Å²) in [6.45, 7) is 2.94. The zero-order chi connectivity index (χ0) is 21.7. The lowest BCUT2D eigenvalue weighted by molar-refractivity contribution is -0.130. The van der Waals surface area contributed by atoms with Crippen molar-refractivity contribution in [3.63, 3.8) is 0 Å². The summed E-state index contributed by atoms with van der Waals surface area (Å²) in [5.41, 5.74) is 2.53. The van der Waals surface area contributed by atoms with Crippen molar-refractivity contribution in [1.82, 2.24) is 20.2 Å². The summed E-state index contributed by atoms with van der Waals surface area (Å²) in [4.78, 5) is 36.9. The van der Waals surface area contributed by atoms with Gasteiger partial charge in [0.15, 0.2) is 0 Å². The third-order valence-corrected chi connectivity index (χ3v) is 5.87. The highest BCUT2D eigenvalue weighted by atomic mass is 16.2. The fourth-order valence-electron chi connectivity index (χ4n) is 4.43. The van der Waals surface area contributed by atoms with Crippen molar-refractivity contribution in [2.45, 2.75) is 31.7 Å². The summed E-state index contributed by atoms with van der Waals surface area (Å²) in [7, 11) is 0. The molecule has 1 N–H and O–H groups in total. The molecule has 1 aromatic carbocycles. The predicted octanol–water partition coefficient (Wildman–Crippen LogP) is 3.50. The number of hydrogen-bond donors (Lipinski definition) is 1. The Kier molecular flexibility index (Phi) is 6.07. The van der Waals surface area contributed by atoms with Crippen LogP contribution in [0.4, 0.5) is 0 Å². The monoisotopic (exact) mass is 414 g/mol. The molecule has 0 saturated carbocycles. The minimum atomic E-state index is -0.951. The van der Waals surface area contributed by atoms with Crippen molar-refractivity contribution >= 4 is 11.8 Å². The highest BCUT2D eigenvalue weighted by Gasteiger charge is 2.50. The number of carbonyl (C=O) groups is 2. The first-order chi connectivity index (χ1) is 15.2. The van der Waals surface area contributed by atoms with Crippen molar-refractivity contribution in [3.05, 3.63) is 84.4 Å². The molecule has 6 heteroatoms. The molecule has 158 valence electrons. The van der Waals surface area contributed by atoms with E-state index in [0.29, 0.717) is 31.6 Å². The lowest BCUT2D eigenvalue weighted by Gasteiger charge is -2.37. The van der Waals surface area contributed by atoms with Gasteiger partial charge in [0.25, 0.3) is 5.91 Å². The van der Waals surface area contributed by atoms with E-state index >= 15 is 0 Å². The maximum absolute atomic E-state index is 13.4. The Labute approximate surface area is 182 Å². The molecular weight excluding hydrogens is 388 g/mol. The van der Waals surface area contributed by atoms with Gasteiger partial charge in [0.2, 0.25) is 5.91 Å². The molecule has 0 bridgehead atoms. The van der Waals surface area contributed by atoms with E-state index in [2.05, 4.69) is 21.4 Å². The Morgan fingerprint density at radius 3 is 2.55 bits per heavy atom. The number of likely N-dealkylation sites (tertiary alicyclic amines) is 1. The number of rotatable bonds is 6. The van der Waals surface area contributed by atoms with Gasteiger partial charge in [-0.15, -0.1) is 0 Å². The van der Waals surface area contributed by atoms with Crippen molar-refractivity contribution in [2.75, 3.05) is 13.1 Å². The fourth-order valence-corrected chi connectivity index (χ4v) is 4.43. The average Bonchev–Trinajstić information content (AvgIpc) is 3.25. The Morgan fingerprint density at radius 1 is 1.03 bits per heavy atom. The summed E-state index contributed by atoms with van der Waals surface area (Å²) >= 11 is 0. The van der Waals surface area contributed by atoms with Gasteiger partial charge in [0.1, 0.15) is 11.2 Å². The highest BCUT2D eigenvalue weighted by molar-refractivity contribution is 5.99. The van der Waals surface area contributed by atoms with Gasteiger partial charge < -0.3 is 10.2 Å². The number of nitrogens with one attached hydrogen (secondary N) is 1. The molecule has 1 unspecified atom stereocenters. The number of carbonyl (C=O) groups excluding carboxylic acids is 2. The summed E-state index contributed by atoms with van der Waals surface area (Å²) in [5, 5.41) is 2.98. The summed E-state index contributed by atoms with van der Waals surface area (Å²) in [6, 6.07) is 17.3. The Morgan fingerprint density at radius 2 is 1.81 bits per heavy atom. The molecule has 1 aliphatic rings. The van der Waals surface area contributed by atoms with Crippen molar-refractivity contribution in [3.8, 4) is 11.1 Å². The van der Waals surface area contributed by atoms with E-state index < -0.39 is 5.54 Å². The van der Waals surface area contributed by atoms with Gasteiger partial charge in [-0.2, -0.15) is 0 Å². The minimum Gasteiger partial charge on any atom is -0.354 e. The molecule has 1 saturated heterocycles. The van der Waals surface area contributed by atoms with E-state index in [9.17, 15) is 9.59 Å². The van der Waals surface area contributed by atoms with Crippen LogP contribution in [0, 0.1) is 0 Å². The maximum Gasteiger partial charge on any atom is 0.273 e. The van der Waals surface area contributed by atoms with Crippen LogP contribution in [0.1, 0.15) is 35.8 Å². The van der Waals surface area contributed by atoms with Crippen molar-refractivity contribution in [1.29, 1.82) is 0 Å². The SMILES string of the molecule is CCNC(=O)C1(Cc2ccccc2-c2ccncc2)CCCN1C(=O)c1ccccn1.